The van der Waals surface area contributed by atoms with Crippen LogP contribution < -0.4 is 0 Å². The first-order valence-electron chi connectivity index (χ1n) is 6.74. The molecule has 1 nitrogen and oxygen atoms in total. The third-order valence-corrected chi connectivity index (χ3v) is 5.05. The van der Waals surface area contributed by atoms with E-state index >= 15 is 0 Å². The van der Waals surface area contributed by atoms with E-state index < -0.39 is 0 Å². The van der Waals surface area contributed by atoms with Crippen LogP contribution in [0.1, 0.15) is 38.4 Å². The number of halogens is 1. The van der Waals surface area contributed by atoms with Crippen LogP contribution in [0.25, 0.3) is 10.9 Å². The number of benzene rings is 1. The summed E-state index contributed by atoms with van der Waals surface area (Å²) in [5.41, 5.74) is 4.79. The third kappa shape index (κ3) is 2.09. The van der Waals surface area contributed by atoms with E-state index in [2.05, 4.69) is 66.5 Å². The smallest absolute Gasteiger partial charge is 0.0459 e. The first-order valence-corrected chi connectivity index (χ1v) is 7.82. The van der Waals surface area contributed by atoms with Crippen LogP contribution in [-0.2, 0) is 12.8 Å². The summed E-state index contributed by atoms with van der Waals surface area (Å²) >= 11 is 2.40. The van der Waals surface area contributed by atoms with E-state index in [0.717, 1.165) is 5.92 Å². The maximum atomic E-state index is 3.64. The minimum Gasteiger partial charge on any atom is -0.358 e. The lowest BCUT2D eigenvalue weighted by Gasteiger charge is -2.33. The maximum Gasteiger partial charge on any atom is 0.0459 e. The van der Waals surface area contributed by atoms with E-state index in [-0.39, 0.29) is 0 Å². The number of fused-ring (bicyclic) bond motifs is 3. The minimum absolute atomic E-state index is 0.420. The molecule has 18 heavy (non-hydrogen) atoms. The van der Waals surface area contributed by atoms with Crippen LogP contribution in [0, 0.1) is 14.9 Å². The number of aryl methyl sites for hydroxylation is 1. The Labute approximate surface area is 122 Å². The van der Waals surface area contributed by atoms with Gasteiger partial charge in [0.2, 0.25) is 0 Å². The largest absolute Gasteiger partial charge is 0.358 e. The Bertz CT molecular complexity index is 589. The molecule has 0 bridgehead atoms. The predicted molar refractivity (Wildman–Crippen MR) is 86.0 cm³/mol. The normalized spacial score (nSPS) is 20.1. The van der Waals surface area contributed by atoms with Crippen molar-refractivity contribution >= 4 is 33.5 Å². The van der Waals surface area contributed by atoms with Gasteiger partial charge in [0.05, 0.1) is 0 Å². The highest BCUT2D eigenvalue weighted by Crippen LogP contribution is 2.39. The van der Waals surface area contributed by atoms with Crippen LogP contribution in [0.2, 0.25) is 0 Å². The Morgan fingerprint density at radius 3 is 2.78 bits per heavy atom. The summed E-state index contributed by atoms with van der Waals surface area (Å²) < 4.78 is 1.33. The maximum absolute atomic E-state index is 3.64. The molecule has 0 saturated carbocycles. The number of H-pyrrole nitrogens is 1. The molecular formula is C16H20IN. The number of aromatic amines is 1. The highest BCUT2D eigenvalue weighted by Gasteiger charge is 2.30. The Kier molecular flexibility index (Phi) is 2.96. The fourth-order valence-corrected chi connectivity index (χ4v) is 3.63. The second-order valence-corrected chi connectivity index (χ2v) is 7.82. The first-order chi connectivity index (χ1) is 8.45. The van der Waals surface area contributed by atoms with Crippen molar-refractivity contribution in [3.8, 4) is 0 Å². The Morgan fingerprint density at radius 2 is 2.06 bits per heavy atom. The van der Waals surface area contributed by atoms with Crippen molar-refractivity contribution in [2.24, 2.45) is 11.3 Å². The lowest BCUT2D eigenvalue weighted by atomic mass is 9.72. The fraction of sp³-hybridized carbons (Fsp3) is 0.500. The van der Waals surface area contributed by atoms with Crippen molar-refractivity contribution in [3.63, 3.8) is 0 Å². The molecule has 1 atom stereocenters. The summed E-state index contributed by atoms with van der Waals surface area (Å²) in [6.45, 7) is 7.11. The van der Waals surface area contributed by atoms with Gasteiger partial charge in [0.25, 0.3) is 0 Å². The molecule has 0 fully saturated rings. The lowest BCUT2D eigenvalue weighted by molar-refractivity contribution is 0.215. The van der Waals surface area contributed by atoms with Gasteiger partial charge in [-0.05, 0) is 76.9 Å². The molecule has 1 aliphatic carbocycles. The standard InChI is InChI=1S/C16H20IN/c1-16(2,3)10-4-6-12-13-9-11(17)5-7-14(13)18-15(12)8-10/h5,7,9-10,18H,4,6,8H2,1-3H3. The quantitative estimate of drug-likeness (QED) is 0.647. The van der Waals surface area contributed by atoms with E-state index in [9.17, 15) is 0 Å². The second-order valence-electron chi connectivity index (χ2n) is 6.58. The topological polar surface area (TPSA) is 15.8 Å². The highest BCUT2D eigenvalue weighted by molar-refractivity contribution is 14.1. The zero-order valence-electron chi connectivity index (χ0n) is 11.3. The zero-order valence-corrected chi connectivity index (χ0v) is 13.5. The molecule has 2 aromatic rings. The Balaban J connectivity index is 2.05. The molecule has 1 aromatic carbocycles. The number of hydrogen-bond donors (Lipinski definition) is 1. The molecule has 96 valence electrons. The fourth-order valence-electron chi connectivity index (χ4n) is 3.14. The molecule has 1 aromatic heterocycles. The molecular weight excluding hydrogens is 333 g/mol. The van der Waals surface area contributed by atoms with Gasteiger partial charge in [-0.3, -0.25) is 0 Å². The molecule has 1 heterocycles. The van der Waals surface area contributed by atoms with E-state index in [1.165, 1.54) is 39.4 Å². The summed E-state index contributed by atoms with van der Waals surface area (Å²) in [5.74, 6) is 0.803. The van der Waals surface area contributed by atoms with Gasteiger partial charge in [-0.2, -0.15) is 0 Å². The summed E-state index contributed by atoms with van der Waals surface area (Å²) in [5, 5.41) is 1.45. The van der Waals surface area contributed by atoms with Crippen LogP contribution in [-0.4, -0.2) is 4.98 Å². The van der Waals surface area contributed by atoms with Crippen molar-refractivity contribution < 1.29 is 0 Å². The average Bonchev–Trinajstić information content (AvgIpc) is 2.65. The van der Waals surface area contributed by atoms with Crippen LogP contribution in [0.15, 0.2) is 18.2 Å². The second kappa shape index (κ2) is 4.26. The van der Waals surface area contributed by atoms with Gasteiger partial charge in [-0.25, -0.2) is 0 Å². The van der Waals surface area contributed by atoms with Crippen molar-refractivity contribution in [2.45, 2.75) is 40.0 Å². The zero-order chi connectivity index (χ0) is 12.9. The molecule has 2 heteroatoms. The first kappa shape index (κ1) is 12.5. The van der Waals surface area contributed by atoms with Gasteiger partial charge < -0.3 is 4.98 Å². The molecule has 0 saturated heterocycles. The van der Waals surface area contributed by atoms with Crippen LogP contribution in [0.4, 0.5) is 0 Å². The number of hydrogen-bond acceptors (Lipinski definition) is 0. The number of aromatic nitrogens is 1. The van der Waals surface area contributed by atoms with Crippen molar-refractivity contribution in [1.82, 2.24) is 4.98 Å². The van der Waals surface area contributed by atoms with E-state index in [0.29, 0.717) is 5.41 Å². The van der Waals surface area contributed by atoms with E-state index in [1.54, 1.807) is 5.56 Å². The third-order valence-electron chi connectivity index (χ3n) is 4.37. The molecule has 1 unspecified atom stereocenters. The van der Waals surface area contributed by atoms with Gasteiger partial charge in [-0.15, -0.1) is 0 Å². The molecule has 0 aliphatic heterocycles. The average molecular weight is 353 g/mol. The number of nitrogens with one attached hydrogen (secondary N) is 1. The summed E-state index contributed by atoms with van der Waals surface area (Å²) in [7, 11) is 0. The Morgan fingerprint density at radius 1 is 1.28 bits per heavy atom. The van der Waals surface area contributed by atoms with E-state index in [1.807, 2.05) is 0 Å². The monoisotopic (exact) mass is 353 g/mol. The molecule has 1 N–H and O–H groups in total. The summed E-state index contributed by atoms with van der Waals surface area (Å²) in [6, 6.07) is 6.73. The van der Waals surface area contributed by atoms with Gasteiger partial charge in [-0.1, -0.05) is 20.8 Å². The Hall–Kier alpha value is -0.510. The van der Waals surface area contributed by atoms with Crippen LogP contribution in [0.3, 0.4) is 0 Å². The van der Waals surface area contributed by atoms with E-state index in [4.69, 9.17) is 0 Å². The SMILES string of the molecule is CC(C)(C)C1CCc2c([nH]c3ccc(I)cc23)C1. The number of rotatable bonds is 0. The molecule has 0 amide bonds. The lowest BCUT2D eigenvalue weighted by Crippen LogP contribution is -2.26. The van der Waals surface area contributed by atoms with Gasteiger partial charge >= 0.3 is 0 Å². The summed E-state index contributed by atoms with van der Waals surface area (Å²) in [4.78, 5) is 3.64. The highest BCUT2D eigenvalue weighted by atomic mass is 127. The molecule has 0 spiro atoms. The summed E-state index contributed by atoms with van der Waals surface area (Å²) in [6.07, 6.45) is 3.77. The van der Waals surface area contributed by atoms with Gasteiger partial charge in [0.1, 0.15) is 0 Å². The van der Waals surface area contributed by atoms with Crippen molar-refractivity contribution in [3.05, 3.63) is 33.0 Å². The molecule has 3 rings (SSSR count). The molecule has 0 radical (unpaired) electrons. The van der Waals surface area contributed by atoms with Crippen LogP contribution in [0.5, 0.6) is 0 Å². The predicted octanol–water partition coefficient (Wildman–Crippen LogP) is 4.92. The molecule has 1 aliphatic rings. The van der Waals surface area contributed by atoms with Crippen molar-refractivity contribution in [2.75, 3.05) is 0 Å². The van der Waals surface area contributed by atoms with Crippen molar-refractivity contribution in [1.29, 1.82) is 0 Å². The van der Waals surface area contributed by atoms with Gasteiger partial charge in [0, 0.05) is 20.2 Å². The van der Waals surface area contributed by atoms with Crippen LogP contribution >= 0.6 is 22.6 Å². The van der Waals surface area contributed by atoms with Gasteiger partial charge in [0.15, 0.2) is 0 Å². The minimum atomic E-state index is 0.420.